The molecule has 0 saturated carbocycles. The molecule has 0 spiro atoms. The average Bonchev–Trinajstić information content (AvgIpc) is 2.64. The van der Waals surface area contributed by atoms with Gasteiger partial charge in [-0.05, 0) is 61.1 Å². The van der Waals surface area contributed by atoms with Gasteiger partial charge in [-0.2, -0.15) is 0 Å². The molecule has 1 atom stereocenters. The molecule has 0 fully saturated rings. The average molecular weight is 359 g/mol. The van der Waals surface area contributed by atoms with Crippen LogP contribution in [0.4, 0.5) is 5.69 Å². The molecule has 0 radical (unpaired) electrons. The summed E-state index contributed by atoms with van der Waals surface area (Å²) in [7, 11) is 1.80. The third kappa shape index (κ3) is 2.85. The van der Waals surface area contributed by atoms with Gasteiger partial charge >= 0.3 is 5.69 Å². The van der Waals surface area contributed by atoms with Crippen LogP contribution in [0.2, 0.25) is 0 Å². The summed E-state index contributed by atoms with van der Waals surface area (Å²) >= 11 is 0. The van der Waals surface area contributed by atoms with E-state index in [9.17, 15) is 4.79 Å². The molecule has 4 rings (SSSR count). The monoisotopic (exact) mass is 359 g/mol. The van der Waals surface area contributed by atoms with Crippen molar-refractivity contribution in [2.75, 3.05) is 0 Å². The summed E-state index contributed by atoms with van der Waals surface area (Å²) in [5.41, 5.74) is 8.60. The molecule has 1 unspecified atom stereocenters. The lowest BCUT2D eigenvalue weighted by Gasteiger charge is -2.28. The van der Waals surface area contributed by atoms with Crippen molar-refractivity contribution in [3.8, 4) is 11.3 Å². The predicted molar refractivity (Wildman–Crippen MR) is 109 cm³/mol. The fourth-order valence-electron chi connectivity index (χ4n) is 3.84. The Morgan fingerprint density at radius 2 is 1.70 bits per heavy atom. The zero-order valence-corrected chi connectivity index (χ0v) is 16.6. The minimum Gasteiger partial charge on any atom is -0.293 e. The number of rotatable bonds is 1. The Labute approximate surface area is 159 Å². The molecule has 2 heterocycles. The molecule has 3 aromatic rings. The maximum Gasteiger partial charge on any atom is 0.329 e. The zero-order valence-electron chi connectivity index (χ0n) is 16.6. The van der Waals surface area contributed by atoms with Crippen LogP contribution in [-0.2, 0) is 13.6 Å². The highest BCUT2D eigenvalue weighted by Gasteiger charge is 2.24. The first-order chi connectivity index (χ1) is 12.9. The van der Waals surface area contributed by atoms with Crippen molar-refractivity contribution in [1.82, 2.24) is 9.13 Å². The lowest BCUT2D eigenvalue weighted by molar-refractivity contribution is 0.531. The fourth-order valence-corrected chi connectivity index (χ4v) is 3.84. The molecule has 1 aliphatic heterocycles. The Morgan fingerprint density at radius 1 is 1.00 bits per heavy atom. The number of benzene rings is 2. The van der Waals surface area contributed by atoms with Crippen molar-refractivity contribution < 1.29 is 0 Å². The Hall–Kier alpha value is -2.88. The number of aryl methyl sites for hydroxylation is 3. The molecule has 0 aliphatic carbocycles. The maximum atomic E-state index is 13.1. The summed E-state index contributed by atoms with van der Waals surface area (Å²) in [5, 5.41) is 0. The van der Waals surface area contributed by atoms with Gasteiger partial charge in [0.15, 0.2) is 0 Å². The van der Waals surface area contributed by atoms with Gasteiger partial charge in [0.25, 0.3) is 0 Å². The van der Waals surface area contributed by atoms with E-state index in [0.29, 0.717) is 18.0 Å². The Kier molecular flexibility index (Phi) is 4.14. The molecule has 4 nitrogen and oxygen atoms in total. The van der Waals surface area contributed by atoms with Crippen molar-refractivity contribution in [3.63, 3.8) is 0 Å². The van der Waals surface area contributed by atoms with Crippen LogP contribution in [0.3, 0.4) is 0 Å². The Bertz CT molecular complexity index is 1180. The number of para-hydroxylation sites is 1. The maximum absolute atomic E-state index is 13.1. The van der Waals surface area contributed by atoms with Crippen molar-refractivity contribution in [2.24, 2.45) is 12.0 Å². The minimum atomic E-state index is -0.0180. The molecule has 0 bridgehead atoms. The summed E-state index contributed by atoms with van der Waals surface area (Å²) in [5.74, 6) is 0.309. The second kappa shape index (κ2) is 6.38. The van der Waals surface area contributed by atoms with E-state index in [4.69, 9.17) is 4.99 Å². The molecule has 0 saturated heterocycles. The Balaban J connectivity index is 2.03. The molecule has 27 heavy (non-hydrogen) atoms. The van der Waals surface area contributed by atoms with E-state index in [1.54, 1.807) is 11.6 Å². The van der Waals surface area contributed by atoms with Gasteiger partial charge in [0.2, 0.25) is 0 Å². The number of hydrogen-bond donors (Lipinski definition) is 0. The van der Waals surface area contributed by atoms with Gasteiger partial charge in [-0.15, -0.1) is 0 Å². The van der Waals surface area contributed by atoms with E-state index in [-0.39, 0.29) is 5.69 Å². The van der Waals surface area contributed by atoms with Gasteiger partial charge in [-0.25, -0.2) is 9.79 Å². The quantitative estimate of drug-likeness (QED) is 0.644. The largest absolute Gasteiger partial charge is 0.329 e. The van der Waals surface area contributed by atoms with Crippen LogP contribution >= 0.6 is 0 Å². The molecular weight excluding hydrogens is 334 g/mol. The van der Waals surface area contributed by atoms with Crippen LogP contribution in [0.15, 0.2) is 52.3 Å². The van der Waals surface area contributed by atoms with Gasteiger partial charge in [0.05, 0.1) is 11.4 Å². The van der Waals surface area contributed by atoms with Crippen molar-refractivity contribution in [3.05, 3.63) is 80.7 Å². The second-order valence-corrected chi connectivity index (χ2v) is 7.66. The predicted octanol–water partition coefficient (Wildman–Crippen LogP) is 4.13. The standard InChI is InChI=1S/C23H25N3O/c1-14-8-6-7-9-20(14)24-22-12-21-19-11-16(3)15(2)10-18(19)17(4)13-26(21)23(27)25(22)5/h6-12,17H,13H2,1-5H3. The summed E-state index contributed by atoms with van der Waals surface area (Å²) in [6.45, 7) is 9.19. The van der Waals surface area contributed by atoms with Crippen LogP contribution in [0.5, 0.6) is 0 Å². The van der Waals surface area contributed by atoms with E-state index in [2.05, 4.69) is 32.9 Å². The third-order valence-electron chi connectivity index (χ3n) is 5.70. The van der Waals surface area contributed by atoms with Crippen LogP contribution in [0, 0.1) is 20.8 Å². The lowest BCUT2D eigenvalue weighted by atomic mass is 9.87. The number of hydrogen-bond acceptors (Lipinski definition) is 2. The van der Waals surface area contributed by atoms with Gasteiger partial charge in [-0.1, -0.05) is 31.2 Å². The summed E-state index contributed by atoms with van der Waals surface area (Å²) in [6.07, 6.45) is 0. The molecule has 1 aliphatic rings. The summed E-state index contributed by atoms with van der Waals surface area (Å²) < 4.78 is 3.54. The van der Waals surface area contributed by atoms with Crippen molar-refractivity contribution in [1.29, 1.82) is 0 Å². The van der Waals surface area contributed by atoms with Crippen LogP contribution in [0.25, 0.3) is 11.3 Å². The van der Waals surface area contributed by atoms with E-state index in [0.717, 1.165) is 22.5 Å². The fraction of sp³-hybridized carbons (Fsp3) is 0.304. The van der Waals surface area contributed by atoms with Gasteiger partial charge in [0.1, 0.15) is 5.49 Å². The SMILES string of the molecule is Cc1cc2c(cc1C)C(C)Cn1c-2cc(=Nc2ccccc2C)n(C)c1=O. The number of nitrogens with zero attached hydrogens (tertiary/aromatic N) is 3. The highest BCUT2D eigenvalue weighted by molar-refractivity contribution is 5.68. The van der Waals surface area contributed by atoms with Gasteiger partial charge in [0, 0.05) is 25.2 Å². The van der Waals surface area contributed by atoms with E-state index in [1.165, 1.54) is 16.7 Å². The molecular formula is C23H25N3O. The second-order valence-electron chi connectivity index (χ2n) is 7.66. The summed E-state index contributed by atoms with van der Waals surface area (Å²) in [6, 6.07) is 14.5. The van der Waals surface area contributed by atoms with Crippen LogP contribution in [0.1, 0.15) is 35.1 Å². The van der Waals surface area contributed by atoms with Crippen molar-refractivity contribution >= 4 is 5.69 Å². The Morgan fingerprint density at radius 3 is 2.44 bits per heavy atom. The first kappa shape index (κ1) is 17.5. The highest BCUT2D eigenvalue weighted by Crippen LogP contribution is 2.36. The molecule has 1 aromatic heterocycles. The minimum absolute atomic E-state index is 0.0180. The van der Waals surface area contributed by atoms with E-state index >= 15 is 0 Å². The number of aromatic nitrogens is 2. The first-order valence-electron chi connectivity index (χ1n) is 9.39. The van der Waals surface area contributed by atoms with Gasteiger partial charge in [-0.3, -0.25) is 9.13 Å². The van der Waals surface area contributed by atoms with Crippen LogP contribution < -0.4 is 11.2 Å². The first-order valence-corrected chi connectivity index (χ1v) is 9.39. The van der Waals surface area contributed by atoms with Gasteiger partial charge < -0.3 is 0 Å². The smallest absolute Gasteiger partial charge is 0.293 e. The summed E-state index contributed by atoms with van der Waals surface area (Å²) in [4.78, 5) is 17.9. The number of fused-ring (bicyclic) bond motifs is 3. The third-order valence-corrected chi connectivity index (χ3v) is 5.70. The molecule has 2 aromatic carbocycles. The molecule has 138 valence electrons. The highest BCUT2D eigenvalue weighted by atomic mass is 16.1. The topological polar surface area (TPSA) is 39.3 Å². The molecule has 0 amide bonds. The zero-order chi connectivity index (χ0) is 19.3. The van der Waals surface area contributed by atoms with Crippen molar-refractivity contribution in [2.45, 2.75) is 40.2 Å². The van der Waals surface area contributed by atoms with E-state index < -0.39 is 0 Å². The van der Waals surface area contributed by atoms with Crippen LogP contribution in [-0.4, -0.2) is 9.13 Å². The lowest BCUT2D eigenvalue weighted by Crippen LogP contribution is -2.41. The van der Waals surface area contributed by atoms with E-state index in [1.807, 2.05) is 41.8 Å². The normalized spacial score (nSPS) is 16.2. The molecule has 4 heteroatoms. The molecule has 0 N–H and O–H groups in total.